The van der Waals surface area contributed by atoms with E-state index in [0.29, 0.717) is 6.42 Å². The maximum atomic E-state index is 10.6. The van der Waals surface area contributed by atoms with Gasteiger partial charge in [0.2, 0.25) is 0 Å². The molecule has 2 saturated carbocycles. The van der Waals surface area contributed by atoms with Crippen LogP contribution in [-0.2, 0) is 4.79 Å². The molecule has 0 heterocycles. The second-order valence-corrected chi connectivity index (χ2v) is 9.05. The first kappa shape index (κ1) is 20.8. The quantitative estimate of drug-likeness (QED) is 0.399. The van der Waals surface area contributed by atoms with Crippen LogP contribution in [0.1, 0.15) is 116 Å². The van der Waals surface area contributed by atoms with Crippen molar-refractivity contribution in [3.8, 4) is 0 Å². The third-order valence-corrected chi connectivity index (χ3v) is 7.17. The topological polar surface area (TPSA) is 37.3 Å². The van der Waals surface area contributed by atoms with Gasteiger partial charge in [-0.05, 0) is 62.2 Å². The number of carboxylic acid groups (broad SMARTS) is 1. The average molecular weight is 351 g/mol. The number of carbonyl (C=O) groups is 1. The molecule has 0 unspecified atom stereocenters. The predicted molar refractivity (Wildman–Crippen MR) is 106 cm³/mol. The Labute approximate surface area is 156 Å². The van der Waals surface area contributed by atoms with E-state index in [9.17, 15) is 4.79 Å². The summed E-state index contributed by atoms with van der Waals surface area (Å²) in [4.78, 5) is 10.6. The summed E-state index contributed by atoms with van der Waals surface area (Å²) in [7, 11) is 0. The molecule has 0 aromatic rings. The van der Waals surface area contributed by atoms with E-state index in [1.54, 1.807) is 0 Å². The van der Waals surface area contributed by atoms with Gasteiger partial charge in [-0.25, -0.2) is 0 Å². The summed E-state index contributed by atoms with van der Waals surface area (Å²) in [6.07, 6.45) is 22.6. The lowest BCUT2D eigenvalue weighted by Crippen LogP contribution is -2.26. The Kier molecular flexibility index (Phi) is 9.94. The summed E-state index contributed by atoms with van der Waals surface area (Å²) in [5.74, 6) is 3.22. The van der Waals surface area contributed by atoms with E-state index in [-0.39, 0.29) is 0 Å². The summed E-state index contributed by atoms with van der Waals surface area (Å²) in [6, 6.07) is 0. The molecule has 2 heteroatoms. The van der Waals surface area contributed by atoms with E-state index in [4.69, 9.17) is 5.11 Å². The van der Waals surface area contributed by atoms with Gasteiger partial charge in [0.25, 0.3) is 0 Å². The number of hydrogen-bond acceptors (Lipinski definition) is 1. The Balaban J connectivity index is 1.54. The fourth-order valence-electron chi connectivity index (χ4n) is 5.48. The molecule has 1 N–H and O–H groups in total. The third kappa shape index (κ3) is 8.13. The third-order valence-electron chi connectivity index (χ3n) is 7.17. The van der Waals surface area contributed by atoms with Gasteiger partial charge in [0.05, 0.1) is 0 Å². The average Bonchev–Trinajstić information content (AvgIpc) is 2.62. The second kappa shape index (κ2) is 12.0. The molecule has 2 aliphatic rings. The molecule has 2 rings (SSSR count). The van der Waals surface area contributed by atoms with E-state index in [1.807, 2.05) is 0 Å². The van der Waals surface area contributed by atoms with E-state index in [1.165, 1.54) is 89.9 Å². The van der Waals surface area contributed by atoms with E-state index in [2.05, 4.69) is 6.92 Å². The largest absolute Gasteiger partial charge is 0.481 e. The molecule has 0 radical (unpaired) electrons. The number of aliphatic carboxylic acids is 1. The Morgan fingerprint density at radius 3 is 1.68 bits per heavy atom. The second-order valence-electron chi connectivity index (χ2n) is 9.05. The standard InChI is InChI=1S/C23H42O2/c1-2-3-4-5-6-8-19-11-15-21(16-12-19)22-17-13-20(14-18-22)9-7-10-23(24)25/h19-22H,2-18H2,1H3,(H,24,25)/t19-,20-,21-,22-. The van der Waals surface area contributed by atoms with Gasteiger partial charge in [-0.2, -0.15) is 0 Å². The van der Waals surface area contributed by atoms with Crippen molar-refractivity contribution in [3.05, 3.63) is 0 Å². The van der Waals surface area contributed by atoms with Gasteiger partial charge in [0.15, 0.2) is 0 Å². The van der Waals surface area contributed by atoms with Gasteiger partial charge in [0.1, 0.15) is 0 Å². The Hall–Kier alpha value is -0.530. The van der Waals surface area contributed by atoms with Crippen molar-refractivity contribution in [3.63, 3.8) is 0 Å². The first-order valence-electron chi connectivity index (χ1n) is 11.4. The summed E-state index contributed by atoms with van der Waals surface area (Å²) >= 11 is 0. The molecule has 0 atom stereocenters. The molecule has 2 aliphatic carbocycles. The molecule has 0 spiro atoms. The minimum absolute atomic E-state index is 0.363. The first-order chi connectivity index (χ1) is 12.2. The highest BCUT2D eigenvalue weighted by Gasteiger charge is 2.30. The van der Waals surface area contributed by atoms with Crippen molar-refractivity contribution in [2.24, 2.45) is 23.7 Å². The van der Waals surface area contributed by atoms with E-state index >= 15 is 0 Å². The summed E-state index contributed by atoms with van der Waals surface area (Å²) in [5, 5.41) is 8.77. The zero-order valence-corrected chi connectivity index (χ0v) is 16.7. The normalized spacial score (nSPS) is 30.3. The number of rotatable bonds is 11. The predicted octanol–water partition coefficient (Wildman–Crippen LogP) is 7.21. The monoisotopic (exact) mass is 350 g/mol. The molecule has 2 fully saturated rings. The SMILES string of the molecule is CCCCCCC[C@H]1CC[C@H]([C@H]2CC[C@H](CCCC(=O)O)CC2)CC1. The molecule has 0 aliphatic heterocycles. The van der Waals surface area contributed by atoms with Gasteiger partial charge < -0.3 is 5.11 Å². The summed E-state index contributed by atoms with van der Waals surface area (Å²) in [6.45, 7) is 2.30. The number of unbranched alkanes of at least 4 members (excludes halogenated alkanes) is 4. The molecule has 0 aromatic heterocycles. The Morgan fingerprint density at radius 2 is 1.20 bits per heavy atom. The highest BCUT2D eigenvalue weighted by Crippen LogP contribution is 2.43. The fourth-order valence-corrected chi connectivity index (χ4v) is 5.48. The summed E-state index contributed by atoms with van der Waals surface area (Å²) < 4.78 is 0. The Morgan fingerprint density at radius 1 is 0.720 bits per heavy atom. The van der Waals surface area contributed by atoms with Crippen molar-refractivity contribution in [2.75, 3.05) is 0 Å². The number of carboxylic acids is 1. The highest BCUT2D eigenvalue weighted by molar-refractivity contribution is 5.66. The van der Waals surface area contributed by atoms with Crippen molar-refractivity contribution in [2.45, 2.75) is 116 Å². The lowest BCUT2D eigenvalue weighted by atomic mass is 9.68. The van der Waals surface area contributed by atoms with Crippen LogP contribution in [0.4, 0.5) is 0 Å². The minimum Gasteiger partial charge on any atom is -0.481 e. The molecule has 2 nitrogen and oxygen atoms in total. The lowest BCUT2D eigenvalue weighted by molar-refractivity contribution is -0.137. The van der Waals surface area contributed by atoms with Crippen LogP contribution in [0.25, 0.3) is 0 Å². The fraction of sp³-hybridized carbons (Fsp3) is 0.957. The van der Waals surface area contributed by atoms with Crippen LogP contribution < -0.4 is 0 Å². The molecular formula is C23H42O2. The molecular weight excluding hydrogens is 308 g/mol. The van der Waals surface area contributed by atoms with Crippen LogP contribution in [0.3, 0.4) is 0 Å². The maximum absolute atomic E-state index is 10.6. The number of hydrogen-bond donors (Lipinski definition) is 1. The van der Waals surface area contributed by atoms with Crippen LogP contribution in [0.15, 0.2) is 0 Å². The Bertz CT molecular complexity index is 349. The van der Waals surface area contributed by atoms with Crippen LogP contribution in [0, 0.1) is 23.7 Å². The van der Waals surface area contributed by atoms with Crippen LogP contribution >= 0.6 is 0 Å². The molecule has 146 valence electrons. The van der Waals surface area contributed by atoms with Gasteiger partial charge in [-0.3, -0.25) is 4.79 Å². The highest BCUT2D eigenvalue weighted by atomic mass is 16.4. The zero-order valence-electron chi connectivity index (χ0n) is 16.7. The van der Waals surface area contributed by atoms with Crippen molar-refractivity contribution in [1.82, 2.24) is 0 Å². The van der Waals surface area contributed by atoms with Gasteiger partial charge >= 0.3 is 5.97 Å². The van der Waals surface area contributed by atoms with Crippen molar-refractivity contribution < 1.29 is 9.90 Å². The van der Waals surface area contributed by atoms with E-state index < -0.39 is 5.97 Å². The van der Waals surface area contributed by atoms with E-state index in [0.717, 1.165) is 36.5 Å². The van der Waals surface area contributed by atoms with Gasteiger partial charge in [-0.15, -0.1) is 0 Å². The van der Waals surface area contributed by atoms with Crippen molar-refractivity contribution >= 4 is 5.97 Å². The summed E-state index contributed by atoms with van der Waals surface area (Å²) in [5.41, 5.74) is 0. The molecule has 0 aromatic carbocycles. The van der Waals surface area contributed by atoms with Crippen LogP contribution in [-0.4, -0.2) is 11.1 Å². The minimum atomic E-state index is -0.629. The first-order valence-corrected chi connectivity index (χ1v) is 11.4. The molecule has 25 heavy (non-hydrogen) atoms. The maximum Gasteiger partial charge on any atom is 0.303 e. The van der Waals surface area contributed by atoms with Crippen molar-refractivity contribution in [1.29, 1.82) is 0 Å². The lowest BCUT2D eigenvalue weighted by Gasteiger charge is -2.38. The van der Waals surface area contributed by atoms with Crippen LogP contribution in [0.2, 0.25) is 0 Å². The van der Waals surface area contributed by atoms with Gasteiger partial charge in [-0.1, -0.05) is 71.1 Å². The molecule has 0 bridgehead atoms. The van der Waals surface area contributed by atoms with Crippen LogP contribution in [0.5, 0.6) is 0 Å². The molecule has 0 amide bonds. The smallest absolute Gasteiger partial charge is 0.303 e. The zero-order chi connectivity index (χ0) is 17.9. The van der Waals surface area contributed by atoms with Gasteiger partial charge in [0, 0.05) is 6.42 Å². The molecule has 0 saturated heterocycles.